The molecule has 15 heavy (non-hydrogen) atoms. The van der Waals surface area contributed by atoms with Crippen LogP contribution in [0, 0.1) is 5.92 Å². The summed E-state index contributed by atoms with van der Waals surface area (Å²) in [6.45, 7) is 2.11. The van der Waals surface area contributed by atoms with Crippen LogP contribution in [0.25, 0.3) is 10.2 Å². The van der Waals surface area contributed by atoms with Gasteiger partial charge in [0.05, 0.1) is 15.8 Å². The molecule has 0 aliphatic heterocycles. The molecule has 2 aromatic rings. The van der Waals surface area contributed by atoms with E-state index in [1.165, 1.54) is 17.5 Å². The highest BCUT2D eigenvalue weighted by Gasteiger charge is 2.41. The van der Waals surface area contributed by atoms with E-state index in [2.05, 4.69) is 30.1 Å². The first-order valence-corrected chi connectivity index (χ1v) is 6.14. The molecule has 1 saturated carbocycles. The number of fused-ring (bicyclic) bond motifs is 1. The van der Waals surface area contributed by atoms with Crippen LogP contribution in [0.4, 0.5) is 0 Å². The molecule has 2 N–H and O–H groups in total. The van der Waals surface area contributed by atoms with Gasteiger partial charge in [0.1, 0.15) is 5.01 Å². The van der Waals surface area contributed by atoms with Crippen molar-refractivity contribution in [3.63, 3.8) is 0 Å². The van der Waals surface area contributed by atoms with E-state index in [1.807, 2.05) is 6.07 Å². The van der Waals surface area contributed by atoms with Crippen LogP contribution in [0.15, 0.2) is 24.3 Å². The zero-order valence-corrected chi connectivity index (χ0v) is 9.55. The van der Waals surface area contributed by atoms with Crippen LogP contribution in [-0.2, 0) is 5.54 Å². The van der Waals surface area contributed by atoms with E-state index < -0.39 is 0 Å². The molecule has 1 atom stereocenters. The molecule has 1 aliphatic carbocycles. The number of para-hydroxylation sites is 1. The van der Waals surface area contributed by atoms with Crippen molar-refractivity contribution in [2.24, 2.45) is 11.7 Å². The predicted molar refractivity (Wildman–Crippen MR) is 63.9 cm³/mol. The van der Waals surface area contributed by atoms with Crippen molar-refractivity contribution < 1.29 is 0 Å². The van der Waals surface area contributed by atoms with Gasteiger partial charge in [0, 0.05) is 0 Å². The Labute approximate surface area is 93.1 Å². The molecule has 3 heteroatoms. The molecule has 1 heterocycles. The van der Waals surface area contributed by atoms with Gasteiger partial charge in [-0.3, -0.25) is 0 Å². The van der Waals surface area contributed by atoms with Gasteiger partial charge in [-0.05, 0) is 37.8 Å². The van der Waals surface area contributed by atoms with Gasteiger partial charge < -0.3 is 5.73 Å². The summed E-state index contributed by atoms with van der Waals surface area (Å²) in [4.78, 5) is 4.64. The number of rotatable bonds is 2. The van der Waals surface area contributed by atoms with Crippen molar-refractivity contribution in [3.8, 4) is 0 Å². The van der Waals surface area contributed by atoms with Crippen molar-refractivity contribution >= 4 is 21.6 Å². The maximum absolute atomic E-state index is 6.36. The molecule has 1 fully saturated rings. The van der Waals surface area contributed by atoms with Gasteiger partial charge >= 0.3 is 0 Å². The summed E-state index contributed by atoms with van der Waals surface area (Å²) in [5.41, 5.74) is 7.22. The predicted octanol–water partition coefficient (Wildman–Crippen LogP) is 2.88. The van der Waals surface area contributed by atoms with Gasteiger partial charge in [-0.25, -0.2) is 4.98 Å². The molecule has 3 rings (SSSR count). The lowest BCUT2D eigenvalue weighted by Crippen LogP contribution is -2.35. The van der Waals surface area contributed by atoms with Crippen molar-refractivity contribution in [2.45, 2.75) is 25.3 Å². The Morgan fingerprint density at radius 2 is 2.13 bits per heavy atom. The zero-order chi connectivity index (χ0) is 10.5. The monoisotopic (exact) mass is 218 g/mol. The van der Waals surface area contributed by atoms with E-state index in [1.54, 1.807) is 11.3 Å². The van der Waals surface area contributed by atoms with Gasteiger partial charge in [-0.2, -0.15) is 0 Å². The zero-order valence-electron chi connectivity index (χ0n) is 8.73. The third-order valence-electron chi connectivity index (χ3n) is 3.18. The number of nitrogens with two attached hydrogens (primary N) is 1. The highest BCUT2D eigenvalue weighted by atomic mass is 32.1. The third-order valence-corrected chi connectivity index (χ3v) is 4.47. The maximum Gasteiger partial charge on any atom is 0.114 e. The van der Waals surface area contributed by atoms with E-state index in [0.717, 1.165) is 10.5 Å². The van der Waals surface area contributed by atoms with E-state index in [0.29, 0.717) is 5.92 Å². The number of thiazole rings is 1. The minimum absolute atomic E-state index is 0.219. The van der Waals surface area contributed by atoms with Gasteiger partial charge in [0.15, 0.2) is 0 Å². The summed E-state index contributed by atoms with van der Waals surface area (Å²) < 4.78 is 1.24. The molecule has 0 spiro atoms. The summed E-state index contributed by atoms with van der Waals surface area (Å²) >= 11 is 1.74. The summed E-state index contributed by atoms with van der Waals surface area (Å²) in [5, 5.41) is 1.09. The quantitative estimate of drug-likeness (QED) is 0.841. The molecule has 1 aliphatic rings. The van der Waals surface area contributed by atoms with Crippen LogP contribution in [0.1, 0.15) is 24.8 Å². The average molecular weight is 218 g/mol. The second-order valence-corrected chi connectivity index (χ2v) is 5.57. The Morgan fingerprint density at radius 1 is 1.40 bits per heavy atom. The second-order valence-electron chi connectivity index (χ2n) is 4.54. The lowest BCUT2D eigenvalue weighted by Gasteiger charge is -2.20. The molecule has 1 aromatic carbocycles. The van der Waals surface area contributed by atoms with E-state index >= 15 is 0 Å². The fourth-order valence-corrected chi connectivity index (χ4v) is 3.06. The first kappa shape index (κ1) is 9.31. The van der Waals surface area contributed by atoms with Crippen molar-refractivity contribution in [2.75, 3.05) is 0 Å². The van der Waals surface area contributed by atoms with Crippen molar-refractivity contribution in [3.05, 3.63) is 29.3 Å². The Morgan fingerprint density at radius 3 is 2.80 bits per heavy atom. The number of aromatic nitrogens is 1. The Kier molecular flexibility index (Phi) is 1.88. The Balaban J connectivity index is 2.11. The highest BCUT2D eigenvalue weighted by Crippen LogP contribution is 2.45. The van der Waals surface area contributed by atoms with Crippen LogP contribution >= 0.6 is 11.3 Å². The van der Waals surface area contributed by atoms with Gasteiger partial charge in [-0.15, -0.1) is 11.3 Å². The van der Waals surface area contributed by atoms with Crippen LogP contribution in [0.5, 0.6) is 0 Å². The minimum Gasteiger partial charge on any atom is -0.319 e. The molecule has 0 saturated heterocycles. The van der Waals surface area contributed by atoms with Gasteiger partial charge in [-0.1, -0.05) is 12.1 Å². The fourth-order valence-electron chi connectivity index (χ4n) is 1.96. The van der Waals surface area contributed by atoms with Crippen molar-refractivity contribution in [1.29, 1.82) is 0 Å². The number of hydrogen-bond donors (Lipinski definition) is 1. The number of nitrogens with zero attached hydrogens (tertiary/aromatic N) is 1. The second kappa shape index (κ2) is 3.03. The normalized spacial score (nSPS) is 20.4. The fraction of sp³-hybridized carbons (Fsp3) is 0.417. The summed E-state index contributed by atoms with van der Waals surface area (Å²) in [6, 6.07) is 8.24. The highest BCUT2D eigenvalue weighted by molar-refractivity contribution is 7.18. The largest absolute Gasteiger partial charge is 0.319 e. The summed E-state index contributed by atoms with van der Waals surface area (Å²) in [7, 11) is 0. The SMILES string of the molecule is CC(N)(c1nc2ccccc2s1)C1CC1. The van der Waals surface area contributed by atoms with Crippen LogP contribution in [0.2, 0.25) is 0 Å². The van der Waals surface area contributed by atoms with Gasteiger partial charge in [0.25, 0.3) is 0 Å². The van der Waals surface area contributed by atoms with E-state index in [-0.39, 0.29) is 5.54 Å². The number of benzene rings is 1. The Bertz CT molecular complexity index is 464. The molecule has 1 unspecified atom stereocenters. The van der Waals surface area contributed by atoms with Crippen LogP contribution in [-0.4, -0.2) is 4.98 Å². The third kappa shape index (κ3) is 1.46. The van der Waals surface area contributed by atoms with Crippen LogP contribution in [0.3, 0.4) is 0 Å². The van der Waals surface area contributed by atoms with Crippen molar-refractivity contribution in [1.82, 2.24) is 4.98 Å². The van der Waals surface area contributed by atoms with Crippen LogP contribution < -0.4 is 5.73 Å². The minimum atomic E-state index is -0.219. The summed E-state index contributed by atoms with van der Waals surface area (Å²) in [6.07, 6.45) is 2.51. The molecule has 0 bridgehead atoms. The molecular weight excluding hydrogens is 204 g/mol. The molecule has 0 radical (unpaired) electrons. The molecular formula is C12H14N2S. The first-order chi connectivity index (χ1) is 7.18. The summed E-state index contributed by atoms with van der Waals surface area (Å²) in [5.74, 6) is 0.637. The maximum atomic E-state index is 6.36. The lowest BCUT2D eigenvalue weighted by atomic mass is 9.99. The standard InChI is InChI=1S/C12H14N2S/c1-12(13,8-6-7-8)11-14-9-4-2-3-5-10(9)15-11/h2-5,8H,6-7,13H2,1H3. The van der Waals surface area contributed by atoms with E-state index in [4.69, 9.17) is 5.73 Å². The first-order valence-electron chi connectivity index (χ1n) is 5.33. The smallest absolute Gasteiger partial charge is 0.114 e. The Hall–Kier alpha value is -0.930. The van der Waals surface area contributed by atoms with Gasteiger partial charge in [0.2, 0.25) is 0 Å². The molecule has 0 amide bonds. The van der Waals surface area contributed by atoms with E-state index in [9.17, 15) is 0 Å². The average Bonchev–Trinajstić information content (AvgIpc) is 2.97. The molecule has 78 valence electrons. The number of hydrogen-bond acceptors (Lipinski definition) is 3. The molecule has 1 aromatic heterocycles. The topological polar surface area (TPSA) is 38.9 Å². The molecule has 2 nitrogen and oxygen atoms in total. The lowest BCUT2D eigenvalue weighted by molar-refractivity contribution is 0.426.